The highest BCUT2D eigenvalue weighted by Gasteiger charge is 2.19. The molecule has 0 aromatic carbocycles. The number of carbonyl (C=O) groups excluding carboxylic acids is 1. The highest BCUT2D eigenvalue weighted by Crippen LogP contribution is 2.16. The highest BCUT2D eigenvalue weighted by atomic mass is 16.3. The molecule has 0 aliphatic rings. The molecule has 2 unspecified atom stereocenters. The van der Waals surface area contributed by atoms with E-state index in [4.69, 9.17) is 5.73 Å². The Morgan fingerprint density at radius 1 is 1.47 bits per heavy atom. The average Bonchev–Trinajstić information content (AvgIpc) is 2.28. The van der Waals surface area contributed by atoms with Gasteiger partial charge in [0.1, 0.15) is 11.9 Å². The molecule has 0 fully saturated rings. The van der Waals surface area contributed by atoms with Crippen molar-refractivity contribution in [3.63, 3.8) is 0 Å². The minimum atomic E-state index is -1.14. The number of aliphatic hydroxyl groups excluding tert-OH is 2. The molecule has 7 heteroatoms. The molecule has 0 spiro atoms. The third-order valence-electron chi connectivity index (χ3n) is 2.19. The van der Waals surface area contributed by atoms with Crippen LogP contribution in [0.4, 0.5) is 5.82 Å². The van der Waals surface area contributed by atoms with E-state index >= 15 is 0 Å². The van der Waals surface area contributed by atoms with E-state index in [-0.39, 0.29) is 30.4 Å². The maximum Gasteiger partial charge on any atom is 0.216 e. The van der Waals surface area contributed by atoms with Gasteiger partial charge in [0, 0.05) is 13.5 Å². The number of rotatable bonds is 5. The maximum absolute atomic E-state index is 10.6. The van der Waals surface area contributed by atoms with Gasteiger partial charge >= 0.3 is 0 Å². The molecule has 1 amide bonds. The summed E-state index contributed by atoms with van der Waals surface area (Å²) in [4.78, 5) is 10.6. The second kappa shape index (κ2) is 6.12. The molecule has 2 atom stereocenters. The van der Waals surface area contributed by atoms with Crippen LogP contribution >= 0.6 is 0 Å². The van der Waals surface area contributed by atoms with Crippen molar-refractivity contribution in [2.24, 2.45) is 0 Å². The molecule has 5 N–H and O–H groups in total. The Labute approximate surface area is 98.7 Å². The highest BCUT2D eigenvalue weighted by molar-refractivity contribution is 5.72. The van der Waals surface area contributed by atoms with Crippen LogP contribution < -0.4 is 11.1 Å². The van der Waals surface area contributed by atoms with E-state index < -0.39 is 12.2 Å². The minimum Gasteiger partial charge on any atom is -0.390 e. The zero-order valence-corrected chi connectivity index (χ0v) is 9.50. The molecule has 0 saturated heterocycles. The summed E-state index contributed by atoms with van der Waals surface area (Å²) in [6, 6.07) is 2.99. The van der Waals surface area contributed by atoms with Gasteiger partial charge in [-0.15, -0.1) is 5.10 Å². The summed E-state index contributed by atoms with van der Waals surface area (Å²) in [5, 5.41) is 29.2. The summed E-state index contributed by atoms with van der Waals surface area (Å²) in [6.07, 6.45) is -1.93. The van der Waals surface area contributed by atoms with Gasteiger partial charge in [-0.2, -0.15) is 5.10 Å². The number of hydrogen-bond donors (Lipinski definition) is 4. The molecule has 0 radical (unpaired) electrons. The summed E-state index contributed by atoms with van der Waals surface area (Å²) in [5.74, 6) is 0.0626. The quantitative estimate of drug-likeness (QED) is 0.522. The molecule has 1 rings (SSSR count). The van der Waals surface area contributed by atoms with Gasteiger partial charge in [0.05, 0.1) is 11.8 Å². The normalized spacial score (nSPS) is 14.1. The summed E-state index contributed by atoms with van der Waals surface area (Å²) < 4.78 is 0. The van der Waals surface area contributed by atoms with Crippen molar-refractivity contribution in [2.45, 2.75) is 25.6 Å². The van der Waals surface area contributed by atoms with Crippen LogP contribution in [0.25, 0.3) is 0 Å². The van der Waals surface area contributed by atoms with Crippen LogP contribution in [-0.4, -0.2) is 39.0 Å². The number of hydrogen-bond acceptors (Lipinski definition) is 6. The summed E-state index contributed by atoms with van der Waals surface area (Å²) in [7, 11) is 0. The number of aromatic nitrogens is 2. The van der Waals surface area contributed by atoms with Gasteiger partial charge in [-0.3, -0.25) is 4.79 Å². The van der Waals surface area contributed by atoms with E-state index in [1.54, 1.807) is 0 Å². The molecule has 17 heavy (non-hydrogen) atoms. The lowest BCUT2D eigenvalue weighted by molar-refractivity contribution is -0.119. The van der Waals surface area contributed by atoms with E-state index in [2.05, 4.69) is 15.5 Å². The average molecular weight is 240 g/mol. The first-order valence-electron chi connectivity index (χ1n) is 5.20. The molecular weight excluding hydrogens is 224 g/mol. The predicted octanol–water partition coefficient (Wildman–Crippen LogP) is -1.02. The van der Waals surface area contributed by atoms with Gasteiger partial charge < -0.3 is 21.3 Å². The predicted molar refractivity (Wildman–Crippen MR) is 60.7 cm³/mol. The van der Waals surface area contributed by atoms with E-state index in [9.17, 15) is 15.0 Å². The second-order valence-corrected chi connectivity index (χ2v) is 3.67. The Morgan fingerprint density at radius 3 is 2.71 bits per heavy atom. The molecule has 0 aliphatic carbocycles. The smallest absolute Gasteiger partial charge is 0.216 e. The fourth-order valence-corrected chi connectivity index (χ4v) is 1.26. The fourth-order valence-electron chi connectivity index (χ4n) is 1.26. The maximum atomic E-state index is 10.6. The van der Waals surface area contributed by atoms with Crippen LogP contribution in [0, 0.1) is 0 Å². The second-order valence-electron chi connectivity index (χ2n) is 3.67. The van der Waals surface area contributed by atoms with Crippen molar-refractivity contribution in [2.75, 3.05) is 12.3 Å². The van der Waals surface area contributed by atoms with Gasteiger partial charge in [0.15, 0.2) is 0 Å². The summed E-state index contributed by atoms with van der Waals surface area (Å²) in [5.41, 5.74) is 5.60. The number of nitrogen functional groups attached to an aromatic ring is 1. The van der Waals surface area contributed by atoms with Crippen LogP contribution in [0.2, 0.25) is 0 Å². The Bertz CT molecular complexity index is 368. The van der Waals surface area contributed by atoms with Crippen LogP contribution in [0.15, 0.2) is 12.1 Å². The molecule has 1 aromatic rings. The van der Waals surface area contributed by atoms with Crippen molar-refractivity contribution >= 4 is 11.7 Å². The SMILES string of the molecule is CC(=O)NCCC(O)C(O)c1ccc(N)nn1. The molecule has 0 bridgehead atoms. The first-order valence-corrected chi connectivity index (χ1v) is 5.20. The van der Waals surface area contributed by atoms with Crippen LogP contribution in [-0.2, 0) is 4.79 Å². The fraction of sp³-hybridized carbons (Fsp3) is 0.500. The topological polar surface area (TPSA) is 121 Å². The molecular formula is C10H16N4O3. The molecule has 1 aromatic heterocycles. The summed E-state index contributed by atoms with van der Waals surface area (Å²) in [6.45, 7) is 1.67. The summed E-state index contributed by atoms with van der Waals surface area (Å²) >= 11 is 0. The van der Waals surface area contributed by atoms with E-state index in [1.165, 1.54) is 19.1 Å². The third kappa shape index (κ3) is 4.33. The standard InChI is InChI=1S/C10H16N4O3/c1-6(15)12-5-4-8(16)10(17)7-2-3-9(11)14-13-7/h2-3,8,10,16-17H,4-5H2,1H3,(H2,11,14)(H,12,15). The lowest BCUT2D eigenvalue weighted by Gasteiger charge is -2.16. The molecule has 94 valence electrons. The number of amides is 1. The minimum absolute atomic E-state index is 0.182. The first-order chi connectivity index (χ1) is 8.00. The number of carbonyl (C=O) groups is 1. The Balaban J connectivity index is 2.48. The Kier molecular flexibility index (Phi) is 4.80. The van der Waals surface area contributed by atoms with Crippen LogP contribution in [0.5, 0.6) is 0 Å². The van der Waals surface area contributed by atoms with Crippen molar-refractivity contribution in [3.05, 3.63) is 17.8 Å². The van der Waals surface area contributed by atoms with E-state index in [0.717, 1.165) is 0 Å². The Hall–Kier alpha value is -1.73. The van der Waals surface area contributed by atoms with Gasteiger partial charge in [0.25, 0.3) is 0 Å². The number of nitrogens with two attached hydrogens (primary N) is 1. The zero-order chi connectivity index (χ0) is 12.8. The molecule has 7 nitrogen and oxygen atoms in total. The molecule has 0 saturated carbocycles. The lowest BCUT2D eigenvalue weighted by Crippen LogP contribution is -2.28. The van der Waals surface area contributed by atoms with Crippen molar-refractivity contribution < 1.29 is 15.0 Å². The monoisotopic (exact) mass is 240 g/mol. The largest absolute Gasteiger partial charge is 0.390 e. The number of nitrogens with zero attached hydrogens (tertiary/aromatic N) is 2. The molecule has 1 heterocycles. The number of nitrogens with one attached hydrogen (secondary N) is 1. The van der Waals surface area contributed by atoms with Crippen molar-refractivity contribution in [3.8, 4) is 0 Å². The number of aliphatic hydroxyl groups is 2. The van der Waals surface area contributed by atoms with Crippen molar-refractivity contribution in [1.29, 1.82) is 0 Å². The lowest BCUT2D eigenvalue weighted by atomic mass is 10.1. The van der Waals surface area contributed by atoms with E-state index in [0.29, 0.717) is 0 Å². The van der Waals surface area contributed by atoms with Gasteiger partial charge in [-0.1, -0.05) is 0 Å². The van der Waals surface area contributed by atoms with Gasteiger partial charge in [-0.25, -0.2) is 0 Å². The zero-order valence-electron chi connectivity index (χ0n) is 9.50. The van der Waals surface area contributed by atoms with Crippen LogP contribution in [0.3, 0.4) is 0 Å². The molecule has 0 aliphatic heterocycles. The van der Waals surface area contributed by atoms with Gasteiger partial charge in [0.2, 0.25) is 5.91 Å². The first kappa shape index (κ1) is 13.3. The van der Waals surface area contributed by atoms with E-state index in [1.807, 2.05) is 0 Å². The van der Waals surface area contributed by atoms with Crippen LogP contribution in [0.1, 0.15) is 25.1 Å². The third-order valence-corrected chi connectivity index (χ3v) is 2.19. The number of anilines is 1. The van der Waals surface area contributed by atoms with Gasteiger partial charge in [-0.05, 0) is 18.6 Å². The Morgan fingerprint density at radius 2 is 2.18 bits per heavy atom. The van der Waals surface area contributed by atoms with Crippen molar-refractivity contribution in [1.82, 2.24) is 15.5 Å².